The number of anilines is 2. The second-order valence-corrected chi connectivity index (χ2v) is 8.46. The average molecular weight is 386 g/mol. The molecule has 0 unspecified atom stereocenters. The highest BCUT2D eigenvalue weighted by molar-refractivity contribution is 6.05. The number of carbonyl (C=O) groups excluding carboxylic acids is 1. The van der Waals surface area contributed by atoms with Gasteiger partial charge < -0.3 is 10.2 Å². The quantitative estimate of drug-likeness (QED) is 0.647. The van der Waals surface area contributed by atoms with Gasteiger partial charge in [-0.3, -0.25) is 9.78 Å². The minimum absolute atomic E-state index is 0.0976. The SMILES string of the molecule is O=C(Nc1cnc2ccccc2c1)c1ccc(N2CC[C@H]3CCCC[C@@H]3C2)cc1. The third-order valence-electron chi connectivity index (χ3n) is 6.63. The van der Waals surface area contributed by atoms with Crippen molar-refractivity contribution in [2.24, 2.45) is 11.8 Å². The Morgan fingerprint density at radius 1 is 0.966 bits per heavy atom. The Balaban J connectivity index is 1.26. The van der Waals surface area contributed by atoms with Crippen LogP contribution in [0.25, 0.3) is 10.9 Å². The Kier molecular flexibility index (Phi) is 4.92. The van der Waals surface area contributed by atoms with Crippen LogP contribution >= 0.6 is 0 Å². The molecule has 2 aliphatic rings. The molecule has 4 heteroatoms. The molecule has 0 spiro atoms. The molecule has 2 aromatic carbocycles. The molecule has 5 rings (SSSR count). The molecule has 1 aliphatic carbocycles. The molecule has 4 nitrogen and oxygen atoms in total. The number of aromatic nitrogens is 1. The zero-order valence-corrected chi connectivity index (χ0v) is 16.7. The van der Waals surface area contributed by atoms with Crippen LogP contribution in [0, 0.1) is 11.8 Å². The Labute approximate surface area is 171 Å². The van der Waals surface area contributed by atoms with E-state index in [4.69, 9.17) is 0 Å². The Morgan fingerprint density at radius 2 is 1.76 bits per heavy atom. The molecule has 2 atom stereocenters. The van der Waals surface area contributed by atoms with Crippen LogP contribution in [0.4, 0.5) is 11.4 Å². The van der Waals surface area contributed by atoms with Gasteiger partial charge in [0.1, 0.15) is 0 Å². The van der Waals surface area contributed by atoms with Crippen molar-refractivity contribution in [3.8, 4) is 0 Å². The van der Waals surface area contributed by atoms with E-state index in [0.717, 1.165) is 35.0 Å². The van der Waals surface area contributed by atoms with Gasteiger partial charge in [0, 0.05) is 29.7 Å². The van der Waals surface area contributed by atoms with Gasteiger partial charge in [-0.2, -0.15) is 0 Å². The molecular weight excluding hydrogens is 358 g/mol. The van der Waals surface area contributed by atoms with E-state index in [1.54, 1.807) is 6.20 Å². The van der Waals surface area contributed by atoms with Crippen LogP contribution in [0.3, 0.4) is 0 Å². The highest BCUT2D eigenvalue weighted by Gasteiger charge is 2.31. The van der Waals surface area contributed by atoms with Crippen molar-refractivity contribution in [1.82, 2.24) is 4.98 Å². The van der Waals surface area contributed by atoms with E-state index in [1.165, 1.54) is 44.3 Å². The summed E-state index contributed by atoms with van der Waals surface area (Å²) >= 11 is 0. The van der Waals surface area contributed by atoms with Crippen LogP contribution in [-0.2, 0) is 0 Å². The van der Waals surface area contributed by atoms with E-state index in [1.807, 2.05) is 42.5 Å². The lowest BCUT2D eigenvalue weighted by Crippen LogP contribution is -2.41. The van der Waals surface area contributed by atoms with Gasteiger partial charge in [0.05, 0.1) is 17.4 Å². The van der Waals surface area contributed by atoms with Crippen molar-refractivity contribution in [2.45, 2.75) is 32.1 Å². The number of hydrogen-bond donors (Lipinski definition) is 1. The maximum absolute atomic E-state index is 12.7. The first-order chi connectivity index (χ1) is 14.3. The van der Waals surface area contributed by atoms with E-state index in [9.17, 15) is 4.79 Å². The molecule has 2 heterocycles. The normalized spacial score (nSPS) is 21.6. The Bertz CT molecular complexity index is 1010. The first-order valence-electron chi connectivity index (χ1n) is 10.8. The lowest BCUT2D eigenvalue weighted by molar-refractivity contribution is 0.102. The van der Waals surface area contributed by atoms with Crippen molar-refractivity contribution in [2.75, 3.05) is 23.3 Å². The summed E-state index contributed by atoms with van der Waals surface area (Å²) in [5.41, 5.74) is 3.56. The van der Waals surface area contributed by atoms with Gasteiger partial charge in [0.15, 0.2) is 0 Å². The van der Waals surface area contributed by atoms with Gasteiger partial charge in [-0.25, -0.2) is 0 Å². The van der Waals surface area contributed by atoms with Crippen molar-refractivity contribution in [3.63, 3.8) is 0 Å². The zero-order chi connectivity index (χ0) is 19.6. The van der Waals surface area contributed by atoms with Gasteiger partial charge >= 0.3 is 0 Å². The minimum atomic E-state index is -0.0976. The maximum Gasteiger partial charge on any atom is 0.255 e. The topological polar surface area (TPSA) is 45.2 Å². The van der Waals surface area contributed by atoms with Crippen LogP contribution in [0.15, 0.2) is 60.8 Å². The Hall–Kier alpha value is -2.88. The molecule has 148 valence electrons. The molecule has 0 bridgehead atoms. The van der Waals surface area contributed by atoms with E-state index in [0.29, 0.717) is 5.56 Å². The van der Waals surface area contributed by atoms with Crippen LogP contribution in [0.2, 0.25) is 0 Å². The third kappa shape index (κ3) is 3.84. The molecule has 3 aromatic rings. The number of amides is 1. The average Bonchev–Trinajstić information content (AvgIpc) is 2.79. The van der Waals surface area contributed by atoms with Gasteiger partial charge in [0.2, 0.25) is 0 Å². The summed E-state index contributed by atoms with van der Waals surface area (Å²) < 4.78 is 0. The number of piperidine rings is 1. The number of benzene rings is 2. The number of para-hydroxylation sites is 1. The fourth-order valence-electron chi connectivity index (χ4n) is 5.00. The fraction of sp³-hybridized carbons (Fsp3) is 0.360. The van der Waals surface area contributed by atoms with E-state index in [-0.39, 0.29) is 5.91 Å². The second kappa shape index (κ2) is 7.86. The first-order valence-corrected chi connectivity index (χ1v) is 10.8. The van der Waals surface area contributed by atoms with Crippen molar-refractivity contribution in [3.05, 3.63) is 66.4 Å². The first kappa shape index (κ1) is 18.2. The maximum atomic E-state index is 12.7. The molecule has 1 amide bonds. The van der Waals surface area contributed by atoms with Crippen LogP contribution in [0.5, 0.6) is 0 Å². The number of hydrogen-bond acceptors (Lipinski definition) is 3. The third-order valence-corrected chi connectivity index (χ3v) is 6.63. The molecule has 1 saturated carbocycles. The summed E-state index contributed by atoms with van der Waals surface area (Å²) in [5.74, 6) is 1.68. The monoisotopic (exact) mass is 385 g/mol. The second-order valence-electron chi connectivity index (χ2n) is 8.46. The summed E-state index contributed by atoms with van der Waals surface area (Å²) in [6.45, 7) is 2.30. The smallest absolute Gasteiger partial charge is 0.255 e. The summed E-state index contributed by atoms with van der Waals surface area (Å²) in [7, 11) is 0. The van der Waals surface area contributed by atoms with Crippen LogP contribution in [0.1, 0.15) is 42.5 Å². The number of fused-ring (bicyclic) bond motifs is 2. The lowest BCUT2D eigenvalue weighted by Gasteiger charge is -2.42. The van der Waals surface area contributed by atoms with E-state index >= 15 is 0 Å². The van der Waals surface area contributed by atoms with Crippen molar-refractivity contribution >= 4 is 28.2 Å². The standard InChI is InChI=1S/C25H27N3O/c29-25(27-22-15-20-6-3-4-8-24(20)26-16-22)19-9-11-23(12-10-19)28-14-13-18-5-1-2-7-21(18)17-28/h3-4,6,8-12,15-16,18,21H,1-2,5,7,13-14,17H2,(H,27,29)/t18-,21-/m1/s1. The van der Waals surface area contributed by atoms with Crippen LogP contribution in [-0.4, -0.2) is 24.0 Å². The van der Waals surface area contributed by atoms with Gasteiger partial charge in [0.25, 0.3) is 5.91 Å². The molecule has 1 aliphatic heterocycles. The van der Waals surface area contributed by atoms with Crippen LogP contribution < -0.4 is 10.2 Å². The van der Waals surface area contributed by atoms with E-state index < -0.39 is 0 Å². The molecular formula is C25H27N3O. The fourth-order valence-corrected chi connectivity index (χ4v) is 5.00. The summed E-state index contributed by atoms with van der Waals surface area (Å²) in [5, 5.41) is 3.99. The summed E-state index contributed by atoms with van der Waals surface area (Å²) in [6.07, 6.45) is 8.61. The molecule has 1 saturated heterocycles. The van der Waals surface area contributed by atoms with Crippen molar-refractivity contribution in [1.29, 1.82) is 0 Å². The minimum Gasteiger partial charge on any atom is -0.371 e. The number of nitrogens with zero attached hydrogens (tertiary/aromatic N) is 2. The molecule has 1 N–H and O–H groups in total. The lowest BCUT2D eigenvalue weighted by atomic mass is 9.75. The highest BCUT2D eigenvalue weighted by atomic mass is 16.1. The number of rotatable bonds is 3. The van der Waals surface area contributed by atoms with Gasteiger partial charge in [-0.15, -0.1) is 0 Å². The highest BCUT2D eigenvalue weighted by Crippen LogP contribution is 2.37. The largest absolute Gasteiger partial charge is 0.371 e. The molecule has 1 aromatic heterocycles. The van der Waals surface area contributed by atoms with E-state index in [2.05, 4.69) is 27.3 Å². The number of nitrogens with one attached hydrogen (secondary N) is 1. The van der Waals surface area contributed by atoms with Crippen molar-refractivity contribution < 1.29 is 4.79 Å². The predicted octanol–water partition coefficient (Wildman–Crippen LogP) is 5.50. The molecule has 2 fully saturated rings. The van der Waals surface area contributed by atoms with Gasteiger partial charge in [-0.05, 0) is 61.1 Å². The van der Waals surface area contributed by atoms with Gasteiger partial charge in [-0.1, -0.05) is 37.5 Å². The summed E-state index contributed by atoms with van der Waals surface area (Å²) in [6, 6.07) is 17.9. The number of carbonyl (C=O) groups is 1. The molecule has 0 radical (unpaired) electrons. The predicted molar refractivity (Wildman–Crippen MR) is 118 cm³/mol. The molecule has 29 heavy (non-hydrogen) atoms. The number of pyridine rings is 1. The zero-order valence-electron chi connectivity index (χ0n) is 16.7. The summed E-state index contributed by atoms with van der Waals surface area (Å²) in [4.78, 5) is 19.6. The Morgan fingerprint density at radius 3 is 2.62 bits per heavy atom.